The Morgan fingerprint density at radius 3 is 3.06 bits per heavy atom. The number of nitrogens with one attached hydrogen (secondary N) is 3. The summed E-state index contributed by atoms with van der Waals surface area (Å²) < 4.78 is 0. The smallest absolute Gasteiger partial charge is 0.309 e. The first kappa shape index (κ1) is 11.4. The number of unbranched alkanes of at least 4 members (excludes halogenated alkanes) is 1. The van der Waals surface area contributed by atoms with Gasteiger partial charge in [-0.25, -0.2) is 4.98 Å². The summed E-state index contributed by atoms with van der Waals surface area (Å²) in [6, 6.07) is 3.80. The highest BCUT2D eigenvalue weighted by Crippen LogP contribution is 2.10. The van der Waals surface area contributed by atoms with Crippen molar-refractivity contribution in [3.63, 3.8) is 0 Å². The molecule has 0 unspecified atom stereocenters. The van der Waals surface area contributed by atoms with Crippen LogP contribution >= 0.6 is 0 Å². The van der Waals surface area contributed by atoms with Crippen LogP contribution in [0.25, 0.3) is 11.2 Å². The van der Waals surface area contributed by atoms with E-state index in [4.69, 9.17) is 0 Å². The first-order valence-corrected chi connectivity index (χ1v) is 5.55. The molecule has 1 radical (unpaired) electrons. The van der Waals surface area contributed by atoms with Crippen molar-refractivity contribution in [2.75, 3.05) is 18.4 Å². The molecule has 1 amide bonds. The van der Waals surface area contributed by atoms with Crippen molar-refractivity contribution in [2.24, 2.45) is 0 Å². The predicted octanol–water partition coefficient (Wildman–Crippen LogP) is 0.807. The monoisotopic (exact) mass is 232 g/mol. The minimum Gasteiger partial charge on any atom is -0.356 e. The van der Waals surface area contributed by atoms with Gasteiger partial charge in [-0.2, -0.15) is 4.98 Å². The summed E-state index contributed by atoms with van der Waals surface area (Å²) in [4.78, 5) is 21.4. The van der Waals surface area contributed by atoms with E-state index in [2.05, 4.69) is 25.6 Å². The van der Waals surface area contributed by atoms with Crippen molar-refractivity contribution in [1.82, 2.24) is 20.3 Å². The molecule has 6 heteroatoms. The Morgan fingerprint density at radius 1 is 1.35 bits per heavy atom. The van der Waals surface area contributed by atoms with Gasteiger partial charge in [0.05, 0.1) is 5.52 Å². The summed E-state index contributed by atoms with van der Waals surface area (Å²) in [5.74, 6) is 0.730. The Bertz CT molecular complexity index is 448. The van der Waals surface area contributed by atoms with Gasteiger partial charge in [-0.3, -0.25) is 4.79 Å². The summed E-state index contributed by atoms with van der Waals surface area (Å²) >= 11 is 0. The predicted molar refractivity (Wildman–Crippen MR) is 65.3 cm³/mol. The lowest BCUT2D eigenvalue weighted by molar-refractivity contribution is 0.539. The lowest BCUT2D eigenvalue weighted by Crippen LogP contribution is -2.13. The average molecular weight is 232 g/mol. The second-order valence-corrected chi connectivity index (χ2v) is 3.62. The van der Waals surface area contributed by atoms with Gasteiger partial charge in [0.15, 0.2) is 5.65 Å². The normalized spacial score (nSPS) is 10.4. The van der Waals surface area contributed by atoms with E-state index in [1.807, 2.05) is 12.1 Å². The Balaban J connectivity index is 1.77. The lowest BCUT2D eigenvalue weighted by atomic mass is 10.3. The molecule has 89 valence electrons. The van der Waals surface area contributed by atoms with Crippen molar-refractivity contribution in [3.05, 3.63) is 18.3 Å². The zero-order valence-electron chi connectivity index (χ0n) is 9.36. The molecule has 2 aromatic rings. The van der Waals surface area contributed by atoms with Crippen molar-refractivity contribution in [1.29, 1.82) is 0 Å². The number of H-pyrrole nitrogens is 1. The van der Waals surface area contributed by atoms with Crippen LogP contribution in [0.4, 0.5) is 5.95 Å². The molecule has 0 saturated heterocycles. The third kappa shape index (κ3) is 3.17. The zero-order valence-corrected chi connectivity index (χ0v) is 9.36. The zero-order chi connectivity index (χ0) is 11.9. The number of anilines is 1. The molecule has 2 heterocycles. The second kappa shape index (κ2) is 5.83. The van der Waals surface area contributed by atoms with Gasteiger partial charge in [0, 0.05) is 19.3 Å². The highest BCUT2D eigenvalue weighted by atomic mass is 16.1. The molecule has 2 rings (SSSR count). The quantitative estimate of drug-likeness (QED) is 0.487. The summed E-state index contributed by atoms with van der Waals surface area (Å²) in [7, 11) is 0. The maximum Gasteiger partial charge on any atom is 0.309 e. The van der Waals surface area contributed by atoms with Crippen LogP contribution in [0.2, 0.25) is 0 Å². The number of nitrogens with zero attached hydrogens (tertiary/aromatic N) is 2. The fraction of sp³-hybridized carbons (Fsp3) is 0.364. The molecule has 0 atom stereocenters. The molecule has 0 saturated carbocycles. The maximum absolute atomic E-state index is 9.88. The summed E-state index contributed by atoms with van der Waals surface area (Å²) in [5, 5.41) is 5.68. The molecule has 0 spiro atoms. The van der Waals surface area contributed by atoms with Crippen LogP contribution in [0.3, 0.4) is 0 Å². The van der Waals surface area contributed by atoms with Crippen molar-refractivity contribution >= 4 is 23.5 Å². The minimum atomic E-state index is 0.660. The van der Waals surface area contributed by atoms with E-state index in [1.54, 1.807) is 12.6 Å². The molecular weight excluding hydrogens is 218 g/mol. The fourth-order valence-electron chi connectivity index (χ4n) is 1.52. The van der Waals surface area contributed by atoms with E-state index in [0.29, 0.717) is 12.2 Å². The van der Waals surface area contributed by atoms with Crippen molar-refractivity contribution in [2.45, 2.75) is 12.8 Å². The molecule has 0 bridgehead atoms. The van der Waals surface area contributed by atoms with Gasteiger partial charge in [-0.15, -0.1) is 0 Å². The van der Waals surface area contributed by atoms with Crippen molar-refractivity contribution in [3.8, 4) is 0 Å². The topological polar surface area (TPSA) is 82.7 Å². The first-order valence-electron chi connectivity index (χ1n) is 5.55. The van der Waals surface area contributed by atoms with Gasteiger partial charge in [-0.05, 0) is 25.0 Å². The highest BCUT2D eigenvalue weighted by Gasteiger charge is 2.01. The Morgan fingerprint density at radius 2 is 2.24 bits per heavy atom. The molecule has 0 fully saturated rings. The molecular formula is C11H14N5O. The number of aromatic amines is 1. The average Bonchev–Trinajstić information content (AvgIpc) is 2.76. The first-order chi connectivity index (χ1) is 8.40. The number of pyridine rings is 1. The van der Waals surface area contributed by atoms with Crippen LogP contribution in [0.15, 0.2) is 18.3 Å². The number of amides is 1. The summed E-state index contributed by atoms with van der Waals surface area (Å²) in [6.07, 6.45) is 5.24. The highest BCUT2D eigenvalue weighted by molar-refractivity contribution is 5.72. The van der Waals surface area contributed by atoms with E-state index in [1.165, 1.54) is 0 Å². The number of carbonyl (C=O) groups excluding carboxylic acids is 1. The van der Waals surface area contributed by atoms with Crippen LogP contribution < -0.4 is 10.6 Å². The molecule has 3 N–H and O–H groups in total. The van der Waals surface area contributed by atoms with Gasteiger partial charge in [0.1, 0.15) is 0 Å². The van der Waals surface area contributed by atoms with Gasteiger partial charge in [-0.1, -0.05) is 0 Å². The molecule has 0 aliphatic carbocycles. The maximum atomic E-state index is 9.88. The molecule has 2 aromatic heterocycles. The van der Waals surface area contributed by atoms with Crippen molar-refractivity contribution < 1.29 is 4.79 Å². The fourth-order valence-corrected chi connectivity index (χ4v) is 1.52. The second-order valence-electron chi connectivity index (χ2n) is 3.62. The number of imidazole rings is 1. The van der Waals surface area contributed by atoms with E-state index in [-0.39, 0.29) is 0 Å². The lowest BCUT2D eigenvalue weighted by Gasteiger charge is -2.01. The Labute approximate surface area is 98.8 Å². The molecule has 0 aliphatic heterocycles. The molecule has 0 aromatic carbocycles. The van der Waals surface area contributed by atoms with Crippen LogP contribution in [0, 0.1) is 0 Å². The Hall–Kier alpha value is -2.11. The van der Waals surface area contributed by atoms with E-state index in [0.717, 1.165) is 30.9 Å². The SMILES string of the molecule is O=[C]NCCCCNc1nc2ncccc2[nH]1. The minimum absolute atomic E-state index is 0.660. The largest absolute Gasteiger partial charge is 0.356 e. The van der Waals surface area contributed by atoms with Gasteiger partial charge < -0.3 is 15.6 Å². The number of fused-ring (bicyclic) bond motifs is 1. The van der Waals surface area contributed by atoms with Crippen LogP contribution in [-0.4, -0.2) is 34.5 Å². The van der Waals surface area contributed by atoms with Crippen LogP contribution in [-0.2, 0) is 4.79 Å². The van der Waals surface area contributed by atoms with Crippen LogP contribution in [0.1, 0.15) is 12.8 Å². The molecule has 6 nitrogen and oxygen atoms in total. The number of hydrogen-bond donors (Lipinski definition) is 3. The standard InChI is InChI=1S/C11H14N5O/c17-8-12-5-1-2-6-14-11-15-9-4-3-7-13-10(9)16-11/h3-4,7H,1-2,5-6H2,(H,12,17)(H2,13,14,15,16). The third-order valence-corrected chi connectivity index (χ3v) is 2.35. The third-order valence-electron chi connectivity index (χ3n) is 2.35. The number of rotatable bonds is 7. The van der Waals surface area contributed by atoms with E-state index < -0.39 is 0 Å². The summed E-state index contributed by atoms with van der Waals surface area (Å²) in [6.45, 7) is 1.47. The van der Waals surface area contributed by atoms with E-state index in [9.17, 15) is 4.79 Å². The molecule has 0 aliphatic rings. The molecule has 17 heavy (non-hydrogen) atoms. The van der Waals surface area contributed by atoms with Crippen LogP contribution in [0.5, 0.6) is 0 Å². The van der Waals surface area contributed by atoms with E-state index >= 15 is 0 Å². The summed E-state index contributed by atoms with van der Waals surface area (Å²) in [5.41, 5.74) is 1.64. The van der Waals surface area contributed by atoms with Gasteiger partial charge in [0.2, 0.25) is 5.95 Å². The Kier molecular flexibility index (Phi) is 3.90. The number of aromatic nitrogens is 3. The van der Waals surface area contributed by atoms with Gasteiger partial charge in [0.25, 0.3) is 0 Å². The van der Waals surface area contributed by atoms with Gasteiger partial charge >= 0.3 is 6.41 Å². The number of hydrogen-bond acceptors (Lipinski definition) is 4.